The van der Waals surface area contributed by atoms with Gasteiger partial charge >= 0.3 is 0 Å². The molecule has 5 rings (SSSR count). The number of nitrogens with one attached hydrogen (secondary N) is 1. The molecule has 0 unspecified atom stereocenters. The first-order chi connectivity index (χ1) is 16.9. The molecule has 2 aromatic heterocycles. The van der Waals surface area contributed by atoms with E-state index in [1.54, 1.807) is 31.4 Å². The summed E-state index contributed by atoms with van der Waals surface area (Å²) in [5, 5.41) is 7.52. The summed E-state index contributed by atoms with van der Waals surface area (Å²) in [4.78, 5) is 12.8. The van der Waals surface area contributed by atoms with E-state index in [1.807, 2.05) is 0 Å². The molecule has 0 spiro atoms. The van der Waals surface area contributed by atoms with E-state index < -0.39 is 11.6 Å². The lowest BCUT2D eigenvalue weighted by Gasteiger charge is -2.34. The van der Waals surface area contributed by atoms with Gasteiger partial charge in [0.25, 0.3) is 0 Å². The molecule has 0 atom stereocenters. The Morgan fingerprint density at radius 1 is 0.943 bits per heavy atom. The molecule has 2 aromatic carbocycles. The summed E-state index contributed by atoms with van der Waals surface area (Å²) in [6.45, 7) is 7.51. The van der Waals surface area contributed by atoms with Gasteiger partial charge in [-0.25, -0.2) is 23.1 Å². The van der Waals surface area contributed by atoms with Gasteiger partial charge in [-0.05, 0) is 30.8 Å². The van der Waals surface area contributed by atoms with Gasteiger partial charge in [0.1, 0.15) is 17.0 Å². The highest BCUT2D eigenvalue weighted by Crippen LogP contribution is 2.28. The number of anilines is 2. The van der Waals surface area contributed by atoms with Crippen LogP contribution < -0.4 is 5.32 Å². The number of aromatic nitrogens is 4. The number of hydrogen-bond donors (Lipinski definition) is 1. The van der Waals surface area contributed by atoms with Crippen LogP contribution in [0.25, 0.3) is 22.2 Å². The van der Waals surface area contributed by atoms with E-state index >= 15 is 0 Å². The van der Waals surface area contributed by atoms with Gasteiger partial charge < -0.3 is 10.2 Å². The van der Waals surface area contributed by atoms with Gasteiger partial charge in [0.05, 0.1) is 6.20 Å². The number of benzene rings is 2. The third-order valence-corrected chi connectivity index (χ3v) is 6.31. The van der Waals surface area contributed by atoms with Crippen LogP contribution in [0, 0.1) is 17.5 Å². The summed E-state index contributed by atoms with van der Waals surface area (Å²) in [6.07, 6.45) is 2.66. The summed E-state index contributed by atoms with van der Waals surface area (Å²) < 4.78 is 45.4. The van der Waals surface area contributed by atoms with Crippen molar-refractivity contribution in [3.8, 4) is 11.3 Å². The van der Waals surface area contributed by atoms with E-state index in [-0.39, 0.29) is 28.5 Å². The Morgan fingerprint density at radius 3 is 2.46 bits per heavy atom. The van der Waals surface area contributed by atoms with Crippen molar-refractivity contribution in [1.29, 1.82) is 0 Å². The second kappa shape index (κ2) is 9.63. The molecule has 0 aliphatic carbocycles. The molecule has 1 aliphatic heterocycles. The van der Waals surface area contributed by atoms with Crippen LogP contribution in [0.1, 0.15) is 12.5 Å². The number of rotatable bonds is 6. The van der Waals surface area contributed by atoms with E-state index in [9.17, 15) is 13.2 Å². The Bertz CT molecular complexity index is 1360. The van der Waals surface area contributed by atoms with E-state index in [0.717, 1.165) is 38.9 Å². The number of piperazine rings is 1. The lowest BCUT2D eigenvalue weighted by molar-refractivity contribution is 0.131. The van der Waals surface area contributed by atoms with Gasteiger partial charge in [-0.1, -0.05) is 13.0 Å². The molecule has 7 nitrogen and oxygen atoms in total. The molecule has 1 fully saturated rings. The number of nitrogens with zero attached hydrogens (tertiary/aromatic N) is 6. The van der Waals surface area contributed by atoms with Gasteiger partial charge in [0, 0.05) is 68.2 Å². The highest BCUT2D eigenvalue weighted by molar-refractivity contribution is 5.84. The van der Waals surface area contributed by atoms with Crippen LogP contribution in [-0.2, 0) is 13.6 Å². The smallest absolute Gasteiger partial charge is 0.227 e. The quantitative estimate of drug-likeness (QED) is 0.443. The van der Waals surface area contributed by atoms with E-state index in [0.29, 0.717) is 23.2 Å². The lowest BCUT2D eigenvalue weighted by atomic mass is 10.1. The number of hydrogen-bond acceptors (Lipinski definition) is 6. The maximum atomic E-state index is 14.8. The predicted octanol–water partition coefficient (Wildman–Crippen LogP) is 4.33. The lowest BCUT2D eigenvalue weighted by Crippen LogP contribution is -2.45. The number of fused-ring (bicyclic) bond motifs is 1. The zero-order valence-corrected chi connectivity index (χ0v) is 19.6. The molecule has 1 aliphatic rings. The standard InChI is InChI=1S/C25H26F3N7/c1-3-34-6-8-35(9-7-34)15-16-4-5-19(12-20(16)26)30-25-29-13-22(28)23(31-25)17-10-18-14-33(2)32-24(18)21(27)11-17/h4-5,10-14H,3,6-9,15H2,1-2H3,(H,29,30,31). The second-order valence-corrected chi connectivity index (χ2v) is 8.73. The Hall–Kier alpha value is -3.50. The molecular formula is C25H26F3N7. The minimum Gasteiger partial charge on any atom is -0.324 e. The molecule has 0 saturated carbocycles. The van der Waals surface area contributed by atoms with Gasteiger partial charge in [-0.2, -0.15) is 5.10 Å². The van der Waals surface area contributed by atoms with Crippen LogP contribution in [0.5, 0.6) is 0 Å². The van der Waals surface area contributed by atoms with Crippen molar-refractivity contribution in [3.05, 3.63) is 65.7 Å². The third-order valence-electron chi connectivity index (χ3n) is 6.31. The summed E-state index contributed by atoms with van der Waals surface area (Å²) in [6, 6.07) is 7.68. The second-order valence-electron chi connectivity index (χ2n) is 8.73. The first-order valence-corrected chi connectivity index (χ1v) is 11.6. The Labute approximate surface area is 201 Å². The van der Waals surface area contributed by atoms with Crippen molar-refractivity contribution < 1.29 is 13.2 Å². The van der Waals surface area contributed by atoms with Crippen LogP contribution >= 0.6 is 0 Å². The van der Waals surface area contributed by atoms with Crippen LogP contribution in [0.4, 0.5) is 24.8 Å². The Kier molecular flexibility index (Phi) is 6.40. The third kappa shape index (κ3) is 4.98. The van der Waals surface area contributed by atoms with Gasteiger partial charge in [0.2, 0.25) is 5.95 Å². The van der Waals surface area contributed by atoms with Crippen molar-refractivity contribution >= 4 is 22.5 Å². The monoisotopic (exact) mass is 481 g/mol. The Balaban J connectivity index is 1.34. The topological polar surface area (TPSA) is 62.1 Å². The zero-order chi connectivity index (χ0) is 24.5. The average Bonchev–Trinajstić information content (AvgIpc) is 3.23. The maximum Gasteiger partial charge on any atom is 0.227 e. The molecule has 182 valence electrons. The molecule has 0 radical (unpaired) electrons. The molecule has 10 heteroatoms. The first kappa shape index (κ1) is 23.3. The average molecular weight is 482 g/mol. The summed E-state index contributed by atoms with van der Waals surface area (Å²) in [5.41, 5.74) is 1.45. The largest absolute Gasteiger partial charge is 0.324 e. The van der Waals surface area contributed by atoms with E-state index in [2.05, 4.69) is 37.1 Å². The molecule has 0 bridgehead atoms. The normalized spacial score (nSPS) is 15.1. The SMILES string of the molecule is CCN1CCN(Cc2ccc(Nc3ncc(F)c(-c4cc(F)c5nn(C)cc5c4)n3)cc2F)CC1. The minimum atomic E-state index is -0.692. The van der Waals surface area contributed by atoms with Crippen LogP contribution in [-0.4, -0.2) is 62.3 Å². The molecule has 3 heterocycles. The fraction of sp³-hybridized carbons (Fsp3) is 0.320. The van der Waals surface area contributed by atoms with E-state index in [1.165, 1.54) is 16.8 Å². The zero-order valence-electron chi connectivity index (χ0n) is 19.6. The van der Waals surface area contributed by atoms with Gasteiger partial charge in [0.15, 0.2) is 11.6 Å². The molecular weight excluding hydrogens is 455 g/mol. The first-order valence-electron chi connectivity index (χ1n) is 11.6. The molecule has 35 heavy (non-hydrogen) atoms. The van der Waals surface area contributed by atoms with Crippen molar-refractivity contribution in [2.45, 2.75) is 13.5 Å². The molecule has 1 N–H and O–H groups in total. The predicted molar refractivity (Wildman–Crippen MR) is 129 cm³/mol. The summed E-state index contributed by atoms with van der Waals surface area (Å²) >= 11 is 0. The number of halogens is 3. The van der Waals surface area contributed by atoms with Crippen molar-refractivity contribution in [1.82, 2.24) is 29.5 Å². The van der Waals surface area contributed by atoms with Crippen LogP contribution in [0.15, 0.2) is 42.7 Å². The van der Waals surface area contributed by atoms with Crippen molar-refractivity contribution in [3.63, 3.8) is 0 Å². The number of aryl methyl sites for hydroxylation is 1. The highest BCUT2D eigenvalue weighted by Gasteiger charge is 2.18. The maximum absolute atomic E-state index is 14.8. The molecule has 0 amide bonds. The minimum absolute atomic E-state index is 0.0598. The van der Waals surface area contributed by atoms with Gasteiger partial charge in [-0.15, -0.1) is 0 Å². The fourth-order valence-electron chi connectivity index (χ4n) is 4.37. The van der Waals surface area contributed by atoms with E-state index in [4.69, 9.17) is 0 Å². The van der Waals surface area contributed by atoms with Crippen molar-refractivity contribution in [2.75, 3.05) is 38.0 Å². The van der Waals surface area contributed by atoms with Gasteiger partial charge in [-0.3, -0.25) is 9.58 Å². The molecule has 4 aromatic rings. The number of likely N-dealkylation sites (N-methyl/N-ethyl adjacent to an activating group) is 1. The molecule has 1 saturated heterocycles. The highest BCUT2D eigenvalue weighted by atomic mass is 19.1. The fourth-order valence-corrected chi connectivity index (χ4v) is 4.37. The Morgan fingerprint density at radius 2 is 1.71 bits per heavy atom. The summed E-state index contributed by atoms with van der Waals surface area (Å²) in [7, 11) is 1.68. The van der Waals surface area contributed by atoms with Crippen LogP contribution in [0.2, 0.25) is 0 Å². The summed E-state index contributed by atoms with van der Waals surface area (Å²) in [5.74, 6) is -1.52. The van der Waals surface area contributed by atoms with Crippen LogP contribution in [0.3, 0.4) is 0 Å². The van der Waals surface area contributed by atoms with Crippen molar-refractivity contribution in [2.24, 2.45) is 7.05 Å².